The van der Waals surface area contributed by atoms with Gasteiger partial charge >= 0.3 is 0 Å². The maximum atomic E-state index is 11.5. The molecule has 3 rings (SSSR count). The van der Waals surface area contributed by atoms with E-state index < -0.39 is 9.84 Å². The fourth-order valence-electron chi connectivity index (χ4n) is 4.35. The molecule has 6 nitrogen and oxygen atoms in total. The molecule has 0 aromatic heterocycles. The molecule has 0 aliphatic carbocycles. The van der Waals surface area contributed by atoms with Crippen molar-refractivity contribution in [2.75, 3.05) is 26.9 Å². The summed E-state index contributed by atoms with van der Waals surface area (Å²) in [5, 5.41) is 7.00. The van der Waals surface area contributed by atoms with Gasteiger partial charge in [0.1, 0.15) is 0 Å². The minimum Gasteiger partial charge on any atom is -0.356 e. The largest absolute Gasteiger partial charge is 0.356 e. The first-order valence-electron chi connectivity index (χ1n) is 9.85. The first kappa shape index (κ1) is 23.4. The zero-order valence-electron chi connectivity index (χ0n) is 17.0. The van der Waals surface area contributed by atoms with Gasteiger partial charge in [0.05, 0.1) is 4.90 Å². The second-order valence-corrected chi connectivity index (χ2v) is 9.90. The summed E-state index contributed by atoms with van der Waals surface area (Å²) in [6.45, 7) is 0.761. The number of nitrogens with zero attached hydrogens (tertiary/aromatic N) is 2. The van der Waals surface area contributed by atoms with E-state index in [4.69, 9.17) is 0 Å². The lowest BCUT2D eigenvalue weighted by atomic mass is 9.82. The van der Waals surface area contributed by atoms with Crippen LogP contribution in [0.1, 0.15) is 37.7 Å². The molecule has 28 heavy (non-hydrogen) atoms. The fourth-order valence-corrected chi connectivity index (χ4v) is 4.98. The van der Waals surface area contributed by atoms with E-state index in [2.05, 4.69) is 27.6 Å². The number of piperidine rings is 2. The number of halogens is 1. The molecule has 2 unspecified atom stereocenters. The van der Waals surface area contributed by atoms with E-state index in [0.717, 1.165) is 24.5 Å². The molecule has 0 saturated carbocycles. The molecule has 2 fully saturated rings. The number of fused-ring (bicyclic) bond motifs is 2. The van der Waals surface area contributed by atoms with Crippen LogP contribution < -0.4 is 10.6 Å². The van der Waals surface area contributed by atoms with Gasteiger partial charge in [-0.25, -0.2) is 8.42 Å². The van der Waals surface area contributed by atoms with Gasteiger partial charge in [0, 0.05) is 38.0 Å². The number of hydrogen-bond acceptors (Lipinski definition) is 4. The molecule has 0 amide bonds. The smallest absolute Gasteiger partial charge is 0.191 e. The highest BCUT2D eigenvalue weighted by molar-refractivity contribution is 14.0. The Hall–Kier alpha value is -0.870. The van der Waals surface area contributed by atoms with E-state index in [1.807, 2.05) is 19.2 Å². The zero-order valence-corrected chi connectivity index (χ0v) is 20.2. The van der Waals surface area contributed by atoms with Gasteiger partial charge in [-0.1, -0.05) is 18.6 Å². The van der Waals surface area contributed by atoms with Crippen LogP contribution in [0, 0.1) is 0 Å². The molecule has 2 N–H and O–H groups in total. The SMILES string of the molecule is CN=C(NCCc1ccc(S(C)(=O)=O)cc1)NC1CC2CCCC(C1)N2C.I. The van der Waals surface area contributed by atoms with Crippen molar-refractivity contribution in [3.05, 3.63) is 29.8 Å². The molecule has 0 spiro atoms. The lowest BCUT2D eigenvalue weighted by molar-refractivity contribution is 0.0526. The van der Waals surface area contributed by atoms with Crippen LogP contribution in [0.4, 0.5) is 0 Å². The molecule has 2 aliphatic heterocycles. The average Bonchev–Trinajstić information content (AvgIpc) is 2.61. The molecule has 2 saturated heterocycles. The van der Waals surface area contributed by atoms with Crippen molar-refractivity contribution in [3.63, 3.8) is 0 Å². The zero-order chi connectivity index (χ0) is 19.4. The fraction of sp³-hybridized carbons (Fsp3) is 0.650. The van der Waals surface area contributed by atoms with Gasteiger partial charge in [0.15, 0.2) is 15.8 Å². The Morgan fingerprint density at radius 1 is 1.18 bits per heavy atom. The average molecular weight is 520 g/mol. The summed E-state index contributed by atoms with van der Waals surface area (Å²) in [5.74, 6) is 0.857. The van der Waals surface area contributed by atoms with Gasteiger partial charge in [-0.2, -0.15) is 0 Å². The topological polar surface area (TPSA) is 73.8 Å². The third kappa shape index (κ3) is 6.06. The van der Waals surface area contributed by atoms with Gasteiger partial charge in [0.25, 0.3) is 0 Å². The quantitative estimate of drug-likeness (QED) is 0.355. The van der Waals surface area contributed by atoms with Crippen LogP contribution in [-0.2, 0) is 16.3 Å². The maximum absolute atomic E-state index is 11.5. The van der Waals surface area contributed by atoms with Crippen molar-refractivity contribution >= 4 is 39.8 Å². The summed E-state index contributed by atoms with van der Waals surface area (Å²) >= 11 is 0. The molecule has 2 aliphatic rings. The molecule has 1 aromatic carbocycles. The minimum atomic E-state index is -3.13. The van der Waals surface area contributed by atoms with Crippen LogP contribution in [0.5, 0.6) is 0 Å². The summed E-state index contributed by atoms with van der Waals surface area (Å²) in [6.07, 6.45) is 8.39. The van der Waals surface area contributed by atoms with E-state index in [9.17, 15) is 8.42 Å². The Morgan fingerprint density at radius 3 is 2.32 bits per heavy atom. The Morgan fingerprint density at radius 2 is 1.79 bits per heavy atom. The predicted octanol–water partition coefficient (Wildman–Crippen LogP) is 2.43. The van der Waals surface area contributed by atoms with E-state index in [0.29, 0.717) is 23.0 Å². The van der Waals surface area contributed by atoms with Crippen molar-refractivity contribution in [2.45, 2.75) is 61.5 Å². The standard InChI is InChI=1S/C20H32N4O2S.HI/c1-21-20(23-16-13-17-5-4-6-18(14-16)24(17)2)22-12-11-15-7-9-19(10-8-15)27(3,25)26;/h7-10,16-18H,4-6,11-14H2,1-3H3,(H2,21,22,23);1H. The van der Waals surface area contributed by atoms with Crippen molar-refractivity contribution in [2.24, 2.45) is 4.99 Å². The van der Waals surface area contributed by atoms with Crippen LogP contribution in [0.2, 0.25) is 0 Å². The monoisotopic (exact) mass is 520 g/mol. The van der Waals surface area contributed by atoms with Crippen LogP contribution >= 0.6 is 24.0 Å². The number of hydrogen-bond donors (Lipinski definition) is 2. The molecule has 2 bridgehead atoms. The summed E-state index contributed by atoms with van der Waals surface area (Å²) < 4.78 is 23.1. The van der Waals surface area contributed by atoms with Gasteiger partial charge < -0.3 is 15.5 Å². The number of guanidine groups is 1. The lowest BCUT2D eigenvalue weighted by Gasteiger charge is -2.47. The Balaban J connectivity index is 0.00000280. The van der Waals surface area contributed by atoms with Crippen molar-refractivity contribution in [1.82, 2.24) is 15.5 Å². The predicted molar refractivity (Wildman–Crippen MR) is 125 cm³/mol. The van der Waals surface area contributed by atoms with Crippen molar-refractivity contribution in [3.8, 4) is 0 Å². The Kier molecular flexibility index (Phi) is 8.57. The van der Waals surface area contributed by atoms with Gasteiger partial charge in [-0.15, -0.1) is 24.0 Å². The van der Waals surface area contributed by atoms with Crippen LogP contribution in [-0.4, -0.2) is 64.3 Å². The number of aliphatic imine (C=N–C) groups is 1. The highest BCUT2D eigenvalue weighted by Crippen LogP contribution is 2.32. The second kappa shape index (κ2) is 10.2. The number of benzene rings is 1. The molecule has 2 heterocycles. The lowest BCUT2D eigenvalue weighted by Crippen LogP contribution is -2.56. The maximum Gasteiger partial charge on any atom is 0.191 e. The van der Waals surface area contributed by atoms with Crippen molar-refractivity contribution < 1.29 is 8.42 Å². The third-order valence-corrected chi connectivity index (χ3v) is 7.09. The van der Waals surface area contributed by atoms with Gasteiger partial charge in [0.2, 0.25) is 0 Å². The number of rotatable bonds is 5. The summed E-state index contributed by atoms with van der Waals surface area (Å²) in [4.78, 5) is 7.31. The molecule has 0 radical (unpaired) electrons. The number of sulfone groups is 1. The summed E-state index contributed by atoms with van der Waals surface area (Å²) in [6, 6.07) is 8.99. The molecule has 2 atom stereocenters. The van der Waals surface area contributed by atoms with Crippen LogP contribution in [0.15, 0.2) is 34.2 Å². The first-order chi connectivity index (χ1) is 12.9. The first-order valence-corrected chi connectivity index (χ1v) is 11.7. The Labute approximate surface area is 186 Å². The van der Waals surface area contributed by atoms with E-state index in [1.165, 1.54) is 38.4 Å². The van der Waals surface area contributed by atoms with Crippen molar-refractivity contribution in [1.29, 1.82) is 0 Å². The van der Waals surface area contributed by atoms with E-state index in [1.54, 1.807) is 12.1 Å². The van der Waals surface area contributed by atoms with Crippen LogP contribution in [0.3, 0.4) is 0 Å². The molecular weight excluding hydrogens is 487 g/mol. The third-order valence-electron chi connectivity index (χ3n) is 5.96. The normalized spacial score (nSPS) is 25.7. The highest BCUT2D eigenvalue weighted by Gasteiger charge is 2.36. The Bertz CT molecular complexity index is 753. The van der Waals surface area contributed by atoms with E-state index in [-0.39, 0.29) is 24.0 Å². The summed E-state index contributed by atoms with van der Waals surface area (Å²) in [7, 11) is 0.950. The molecule has 1 aromatic rings. The van der Waals surface area contributed by atoms with Gasteiger partial charge in [-0.3, -0.25) is 4.99 Å². The number of nitrogens with one attached hydrogen (secondary N) is 2. The molecule has 158 valence electrons. The summed E-state index contributed by atoms with van der Waals surface area (Å²) in [5.41, 5.74) is 1.11. The van der Waals surface area contributed by atoms with Crippen LogP contribution in [0.25, 0.3) is 0 Å². The van der Waals surface area contributed by atoms with Gasteiger partial charge in [-0.05, 0) is 56.8 Å². The second-order valence-electron chi connectivity index (χ2n) is 7.88. The molecular formula is C20H33IN4O2S. The highest BCUT2D eigenvalue weighted by atomic mass is 127. The molecule has 8 heteroatoms. The van der Waals surface area contributed by atoms with E-state index >= 15 is 0 Å². The minimum absolute atomic E-state index is 0.